The van der Waals surface area contributed by atoms with Crippen LogP contribution in [0.4, 0.5) is 20.0 Å². The van der Waals surface area contributed by atoms with Gasteiger partial charge in [0.1, 0.15) is 11.6 Å². The summed E-state index contributed by atoms with van der Waals surface area (Å²) >= 11 is 1.23. The third-order valence-electron chi connectivity index (χ3n) is 3.72. The Kier molecular flexibility index (Phi) is 6.37. The largest absolute Gasteiger partial charge is 0.454 e. The Labute approximate surface area is 169 Å². The van der Waals surface area contributed by atoms with Gasteiger partial charge in [-0.15, -0.1) is 11.3 Å². The number of nitrogens with two attached hydrogens (primary N) is 1. The number of carbonyl (C=O) groups is 2. The summed E-state index contributed by atoms with van der Waals surface area (Å²) in [6, 6.07) is 7.87. The molecule has 0 fully saturated rings. The number of urea groups is 1. The third kappa shape index (κ3) is 5.06. The van der Waals surface area contributed by atoms with E-state index in [0.717, 1.165) is 6.07 Å². The van der Waals surface area contributed by atoms with Gasteiger partial charge in [-0.3, -0.25) is 10.1 Å². The van der Waals surface area contributed by atoms with Crippen molar-refractivity contribution < 1.29 is 23.5 Å². The molecule has 150 valence electrons. The Morgan fingerprint density at radius 3 is 2.72 bits per heavy atom. The number of thiazole rings is 1. The van der Waals surface area contributed by atoms with Crippen LogP contribution >= 0.6 is 11.3 Å². The smallest absolute Gasteiger partial charge is 0.325 e. The lowest BCUT2D eigenvalue weighted by Crippen LogP contribution is -2.20. The molecule has 0 atom stereocenters. The Bertz CT molecular complexity index is 1030. The average Bonchev–Trinajstić information content (AvgIpc) is 3.17. The van der Waals surface area contributed by atoms with Crippen LogP contribution in [0.3, 0.4) is 0 Å². The van der Waals surface area contributed by atoms with Crippen molar-refractivity contribution in [1.29, 1.82) is 0 Å². The number of nitrogens with zero attached hydrogens (tertiary/aromatic N) is 1. The monoisotopic (exact) mass is 416 g/mol. The molecule has 1 heterocycles. The van der Waals surface area contributed by atoms with Crippen molar-refractivity contribution in [1.82, 2.24) is 4.98 Å². The third-order valence-corrected chi connectivity index (χ3v) is 4.41. The molecule has 0 saturated heterocycles. The SMILES string of the molecule is COCc1cccc(Oc2ccc(F)cc2NC(=O)Nc2nccs2)c1C(N)=O. The van der Waals surface area contributed by atoms with E-state index in [1.807, 2.05) is 0 Å². The maximum atomic E-state index is 13.8. The lowest BCUT2D eigenvalue weighted by Gasteiger charge is -2.16. The van der Waals surface area contributed by atoms with E-state index in [2.05, 4.69) is 15.6 Å². The van der Waals surface area contributed by atoms with Crippen molar-refractivity contribution in [3.63, 3.8) is 0 Å². The number of rotatable bonds is 7. The van der Waals surface area contributed by atoms with Crippen LogP contribution in [-0.2, 0) is 11.3 Å². The number of benzene rings is 2. The number of amides is 3. The van der Waals surface area contributed by atoms with Gasteiger partial charge >= 0.3 is 6.03 Å². The van der Waals surface area contributed by atoms with E-state index in [9.17, 15) is 14.0 Å². The summed E-state index contributed by atoms with van der Waals surface area (Å²) in [6.45, 7) is 0.153. The lowest BCUT2D eigenvalue weighted by atomic mass is 10.1. The number of aromatic nitrogens is 1. The molecular formula is C19H17FN4O4S. The first-order valence-electron chi connectivity index (χ1n) is 8.33. The Morgan fingerprint density at radius 2 is 2.03 bits per heavy atom. The van der Waals surface area contributed by atoms with Crippen LogP contribution in [0.5, 0.6) is 11.5 Å². The highest BCUT2D eigenvalue weighted by atomic mass is 32.1. The first kappa shape index (κ1) is 20.2. The molecule has 3 amide bonds. The topological polar surface area (TPSA) is 116 Å². The molecule has 10 heteroatoms. The normalized spacial score (nSPS) is 10.4. The van der Waals surface area contributed by atoms with Gasteiger partial charge in [-0.2, -0.15) is 0 Å². The minimum Gasteiger partial charge on any atom is -0.454 e. The summed E-state index contributed by atoms with van der Waals surface area (Å²) in [7, 11) is 1.49. The van der Waals surface area contributed by atoms with Crippen LogP contribution in [0.15, 0.2) is 48.0 Å². The quantitative estimate of drug-likeness (QED) is 0.539. The number of nitrogens with one attached hydrogen (secondary N) is 2. The fourth-order valence-corrected chi connectivity index (χ4v) is 3.08. The zero-order valence-corrected chi connectivity index (χ0v) is 16.1. The Morgan fingerprint density at radius 1 is 1.21 bits per heavy atom. The maximum absolute atomic E-state index is 13.8. The van der Waals surface area contributed by atoms with Gasteiger partial charge in [-0.05, 0) is 23.8 Å². The van der Waals surface area contributed by atoms with Gasteiger partial charge in [0.05, 0.1) is 17.9 Å². The molecule has 4 N–H and O–H groups in total. The number of primary amides is 1. The van der Waals surface area contributed by atoms with E-state index in [4.69, 9.17) is 15.2 Å². The van der Waals surface area contributed by atoms with Gasteiger partial charge in [0.2, 0.25) is 0 Å². The van der Waals surface area contributed by atoms with Crippen LogP contribution in [0.2, 0.25) is 0 Å². The molecule has 0 bridgehead atoms. The Balaban J connectivity index is 1.89. The maximum Gasteiger partial charge on any atom is 0.325 e. The highest BCUT2D eigenvalue weighted by Crippen LogP contribution is 2.33. The van der Waals surface area contributed by atoms with Crippen LogP contribution in [0.1, 0.15) is 15.9 Å². The van der Waals surface area contributed by atoms with Crippen LogP contribution in [0.25, 0.3) is 0 Å². The van der Waals surface area contributed by atoms with Crippen molar-refractivity contribution in [3.8, 4) is 11.5 Å². The van der Waals surface area contributed by atoms with Crippen molar-refractivity contribution >= 4 is 34.1 Å². The molecule has 0 unspecified atom stereocenters. The predicted octanol–water partition coefficient (Wildman–Crippen LogP) is 3.96. The summed E-state index contributed by atoms with van der Waals surface area (Å²) in [5.41, 5.74) is 6.23. The van der Waals surface area contributed by atoms with Crippen LogP contribution in [-0.4, -0.2) is 24.0 Å². The van der Waals surface area contributed by atoms with Crippen molar-refractivity contribution in [2.75, 3.05) is 17.7 Å². The molecule has 8 nitrogen and oxygen atoms in total. The number of hydrogen-bond donors (Lipinski definition) is 3. The molecule has 0 aliphatic carbocycles. The zero-order chi connectivity index (χ0) is 20.8. The second-order valence-corrected chi connectivity index (χ2v) is 6.64. The standard InChI is InChI=1S/C19H17FN4O4S/c1-27-10-11-3-2-4-15(16(11)17(21)25)28-14-6-5-12(20)9-13(14)23-18(26)24-19-22-7-8-29-19/h2-9H,10H2,1H3,(H2,21,25)(H2,22,23,24,26). The molecule has 29 heavy (non-hydrogen) atoms. The molecule has 0 spiro atoms. The summed E-state index contributed by atoms with van der Waals surface area (Å²) in [5.74, 6) is -1.00. The van der Waals surface area contributed by atoms with Crippen molar-refractivity contribution in [2.24, 2.45) is 5.73 Å². The second-order valence-electron chi connectivity index (χ2n) is 5.75. The molecular weight excluding hydrogens is 399 g/mol. The molecule has 3 rings (SSSR count). The van der Waals surface area contributed by atoms with Crippen molar-refractivity contribution in [3.05, 3.63) is 64.9 Å². The first-order chi connectivity index (χ1) is 14.0. The zero-order valence-electron chi connectivity index (χ0n) is 15.3. The molecule has 0 aliphatic rings. The summed E-state index contributed by atoms with van der Waals surface area (Å²) in [6.07, 6.45) is 1.54. The number of ether oxygens (including phenoxy) is 2. The van der Waals surface area contributed by atoms with E-state index >= 15 is 0 Å². The first-order valence-corrected chi connectivity index (χ1v) is 9.21. The Hall–Kier alpha value is -3.50. The average molecular weight is 416 g/mol. The van der Waals surface area contributed by atoms with E-state index in [1.165, 1.54) is 36.8 Å². The van der Waals surface area contributed by atoms with E-state index < -0.39 is 17.8 Å². The van der Waals surface area contributed by atoms with Gasteiger partial charge in [-0.1, -0.05) is 12.1 Å². The molecule has 1 aromatic heterocycles. The van der Waals surface area contributed by atoms with Crippen LogP contribution < -0.4 is 21.1 Å². The van der Waals surface area contributed by atoms with Gasteiger partial charge in [0, 0.05) is 24.8 Å². The number of halogens is 1. The minimum atomic E-state index is -0.703. The summed E-state index contributed by atoms with van der Waals surface area (Å²) < 4.78 is 24.6. The van der Waals surface area contributed by atoms with E-state index in [1.54, 1.807) is 23.6 Å². The molecule has 2 aromatic carbocycles. The van der Waals surface area contributed by atoms with E-state index in [-0.39, 0.29) is 29.4 Å². The van der Waals surface area contributed by atoms with Gasteiger partial charge < -0.3 is 20.5 Å². The minimum absolute atomic E-state index is 0.0617. The summed E-state index contributed by atoms with van der Waals surface area (Å²) in [4.78, 5) is 28.1. The fourth-order valence-electron chi connectivity index (χ4n) is 2.56. The second kappa shape index (κ2) is 9.13. The predicted molar refractivity (Wildman–Crippen MR) is 107 cm³/mol. The highest BCUT2D eigenvalue weighted by Gasteiger charge is 2.18. The van der Waals surface area contributed by atoms with Crippen molar-refractivity contribution in [2.45, 2.75) is 6.61 Å². The number of carbonyl (C=O) groups excluding carboxylic acids is 2. The molecule has 0 saturated carbocycles. The molecule has 0 radical (unpaired) electrons. The number of anilines is 2. The summed E-state index contributed by atoms with van der Waals surface area (Å²) in [5, 5.41) is 7.11. The molecule has 3 aromatic rings. The number of methoxy groups -OCH3 is 1. The van der Waals surface area contributed by atoms with Crippen LogP contribution in [0, 0.1) is 5.82 Å². The van der Waals surface area contributed by atoms with Gasteiger partial charge in [-0.25, -0.2) is 14.2 Å². The molecule has 0 aliphatic heterocycles. The number of hydrogen-bond acceptors (Lipinski definition) is 6. The fraction of sp³-hybridized carbons (Fsp3) is 0.105. The van der Waals surface area contributed by atoms with Gasteiger partial charge in [0.25, 0.3) is 5.91 Å². The highest BCUT2D eigenvalue weighted by molar-refractivity contribution is 7.13. The lowest BCUT2D eigenvalue weighted by molar-refractivity contribution is 0.0993. The van der Waals surface area contributed by atoms with Gasteiger partial charge in [0.15, 0.2) is 10.9 Å². The van der Waals surface area contributed by atoms with E-state index in [0.29, 0.717) is 10.7 Å².